The number of phenolic OH excluding ortho intramolecular Hbond substituents is 1. The molecule has 0 amide bonds. The Morgan fingerprint density at radius 3 is 2.74 bits per heavy atom. The summed E-state index contributed by atoms with van der Waals surface area (Å²) in [6.45, 7) is 1.72. The number of Topliss-reactive ketones (excluding diaryl/α,β-unsaturated/α-hetero) is 2. The van der Waals surface area contributed by atoms with Crippen molar-refractivity contribution < 1.29 is 24.5 Å². The van der Waals surface area contributed by atoms with E-state index in [0.29, 0.717) is 0 Å². The molecule has 2 atom stereocenters. The molecule has 5 heteroatoms. The van der Waals surface area contributed by atoms with Gasteiger partial charge in [-0.1, -0.05) is 12.1 Å². The Bertz CT molecular complexity index is 629. The molecule has 0 spiro atoms. The molecule has 0 unspecified atom stereocenters. The normalized spacial score (nSPS) is 26.2. The number of rotatable bonds is 0. The Morgan fingerprint density at radius 2 is 2.00 bits per heavy atom. The molecule has 19 heavy (non-hydrogen) atoms. The summed E-state index contributed by atoms with van der Waals surface area (Å²) in [5.41, 5.74) is 0.375. The van der Waals surface area contributed by atoms with Crippen molar-refractivity contribution in [2.75, 3.05) is 0 Å². The van der Waals surface area contributed by atoms with Crippen LogP contribution in [0.5, 0.6) is 5.75 Å². The molecule has 3 rings (SSSR count). The monoisotopic (exact) mass is 260 g/mol. The maximum atomic E-state index is 12.4. The molecular formula is C14H12O5. The second-order valence-corrected chi connectivity index (χ2v) is 4.75. The van der Waals surface area contributed by atoms with E-state index in [9.17, 15) is 19.8 Å². The number of aliphatic hydroxyl groups excluding tert-OH is 1. The lowest BCUT2D eigenvalue weighted by atomic mass is 9.80. The van der Waals surface area contributed by atoms with E-state index in [0.717, 1.165) is 0 Å². The lowest BCUT2D eigenvalue weighted by molar-refractivity contribution is -0.112. The lowest BCUT2D eigenvalue weighted by Gasteiger charge is -2.31. The van der Waals surface area contributed by atoms with Crippen molar-refractivity contribution in [3.05, 3.63) is 40.5 Å². The molecule has 0 saturated heterocycles. The molecule has 0 saturated carbocycles. The zero-order chi connectivity index (χ0) is 13.7. The van der Waals surface area contributed by atoms with E-state index >= 15 is 0 Å². The van der Waals surface area contributed by atoms with Crippen molar-refractivity contribution in [1.29, 1.82) is 0 Å². The van der Waals surface area contributed by atoms with Crippen molar-refractivity contribution in [2.45, 2.75) is 25.7 Å². The van der Waals surface area contributed by atoms with Gasteiger partial charge in [0.1, 0.15) is 5.75 Å². The fraction of sp³-hybridized carbons (Fsp3) is 0.286. The van der Waals surface area contributed by atoms with E-state index in [4.69, 9.17) is 4.74 Å². The summed E-state index contributed by atoms with van der Waals surface area (Å²) in [7, 11) is 0. The third kappa shape index (κ3) is 1.63. The highest BCUT2D eigenvalue weighted by molar-refractivity contribution is 6.28. The second-order valence-electron chi connectivity index (χ2n) is 4.75. The molecule has 1 aromatic rings. The van der Waals surface area contributed by atoms with Crippen LogP contribution < -0.4 is 0 Å². The fourth-order valence-electron chi connectivity index (χ4n) is 2.61. The molecule has 0 bridgehead atoms. The Hall–Kier alpha value is -1.98. The summed E-state index contributed by atoms with van der Waals surface area (Å²) in [4.78, 5) is 24.7. The fourth-order valence-corrected chi connectivity index (χ4v) is 2.61. The van der Waals surface area contributed by atoms with Crippen LogP contribution in [0.4, 0.5) is 0 Å². The van der Waals surface area contributed by atoms with Gasteiger partial charge in [0.25, 0.3) is 0 Å². The Labute approximate surface area is 109 Å². The zero-order valence-corrected chi connectivity index (χ0v) is 10.2. The minimum Gasteiger partial charge on any atom is -0.507 e. The lowest BCUT2D eigenvalue weighted by Crippen LogP contribution is -2.37. The molecule has 1 aliphatic heterocycles. The molecule has 0 fully saturated rings. The predicted molar refractivity (Wildman–Crippen MR) is 65.0 cm³/mol. The van der Waals surface area contributed by atoms with Gasteiger partial charge in [0.15, 0.2) is 17.9 Å². The number of ether oxygens (including phenoxy) is 1. The number of phenols is 1. The SMILES string of the molecule is C[C@@H]1CC2=C(C(=O)c3c(O)cccc3C2=O)[C@@H](O)O1. The number of fused-ring (bicyclic) bond motifs is 1. The minimum atomic E-state index is -1.41. The van der Waals surface area contributed by atoms with E-state index < -0.39 is 12.1 Å². The number of carbonyl (C=O) groups excluding carboxylic acids is 2. The first-order valence-electron chi connectivity index (χ1n) is 5.98. The Kier molecular flexibility index (Phi) is 2.55. The number of ketones is 2. The summed E-state index contributed by atoms with van der Waals surface area (Å²) < 4.78 is 5.17. The van der Waals surface area contributed by atoms with E-state index in [2.05, 4.69) is 0 Å². The van der Waals surface area contributed by atoms with Gasteiger partial charge in [-0.25, -0.2) is 0 Å². The molecule has 0 radical (unpaired) electrons. The third-order valence-corrected chi connectivity index (χ3v) is 3.46. The van der Waals surface area contributed by atoms with Gasteiger partial charge in [-0.2, -0.15) is 0 Å². The molecule has 0 aromatic heterocycles. The molecule has 2 N–H and O–H groups in total. The number of aliphatic hydroxyl groups is 1. The van der Waals surface area contributed by atoms with Crippen molar-refractivity contribution in [3.63, 3.8) is 0 Å². The highest BCUT2D eigenvalue weighted by Crippen LogP contribution is 2.37. The molecule has 5 nitrogen and oxygen atoms in total. The van der Waals surface area contributed by atoms with Crippen LogP contribution in [0.1, 0.15) is 34.1 Å². The molecule has 1 aliphatic carbocycles. The number of hydrogen-bond donors (Lipinski definition) is 2. The first kappa shape index (κ1) is 12.1. The van der Waals surface area contributed by atoms with Gasteiger partial charge in [0, 0.05) is 17.6 Å². The van der Waals surface area contributed by atoms with Gasteiger partial charge in [-0.3, -0.25) is 9.59 Å². The van der Waals surface area contributed by atoms with Gasteiger partial charge in [-0.05, 0) is 13.0 Å². The van der Waals surface area contributed by atoms with Crippen LogP contribution >= 0.6 is 0 Å². The van der Waals surface area contributed by atoms with Gasteiger partial charge >= 0.3 is 0 Å². The van der Waals surface area contributed by atoms with Crippen LogP contribution in [0.15, 0.2) is 29.3 Å². The number of aromatic hydroxyl groups is 1. The van der Waals surface area contributed by atoms with E-state index in [1.165, 1.54) is 18.2 Å². The summed E-state index contributed by atoms with van der Waals surface area (Å²) in [6.07, 6.45) is -1.46. The molecule has 1 aromatic carbocycles. The second kappa shape index (κ2) is 4.01. The Balaban J connectivity index is 2.24. The zero-order valence-electron chi connectivity index (χ0n) is 10.2. The van der Waals surface area contributed by atoms with Gasteiger partial charge in [0.2, 0.25) is 0 Å². The van der Waals surface area contributed by atoms with Gasteiger partial charge < -0.3 is 14.9 Å². The highest BCUT2D eigenvalue weighted by atomic mass is 16.6. The third-order valence-electron chi connectivity index (χ3n) is 3.46. The molecule has 2 aliphatic rings. The average Bonchev–Trinajstić information content (AvgIpc) is 2.34. The standard InChI is InChI=1S/C14H12O5/c1-6-5-8-11(14(18)19-6)13(17)10-7(12(8)16)3-2-4-9(10)15/h2-4,6,14-15,18H,5H2,1H3/t6-,14+/m1/s1. The Morgan fingerprint density at radius 1 is 1.26 bits per heavy atom. The topological polar surface area (TPSA) is 83.8 Å². The van der Waals surface area contributed by atoms with E-state index in [1.54, 1.807) is 6.92 Å². The van der Waals surface area contributed by atoms with Crippen LogP contribution in [0, 0.1) is 0 Å². The van der Waals surface area contributed by atoms with Crippen LogP contribution in [0.3, 0.4) is 0 Å². The van der Waals surface area contributed by atoms with Crippen LogP contribution in [-0.2, 0) is 4.74 Å². The number of benzene rings is 1. The van der Waals surface area contributed by atoms with Crippen LogP contribution in [0.2, 0.25) is 0 Å². The maximum absolute atomic E-state index is 12.4. The summed E-state index contributed by atoms with van der Waals surface area (Å²) in [5, 5.41) is 19.6. The highest BCUT2D eigenvalue weighted by Gasteiger charge is 2.40. The van der Waals surface area contributed by atoms with Crippen molar-refractivity contribution >= 4 is 11.6 Å². The van der Waals surface area contributed by atoms with Crippen LogP contribution in [-0.4, -0.2) is 34.2 Å². The molecular weight excluding hydrogens is 248 g/mol. The number of carbonyl (C=O) groups is 2. The number of hydrogen-bond acceptors (Lipinski definition) is 5. The smallest absolute Gasteiger partial charge is 0.198 e. The van der Waals surface area contributed by atoms with Crippen molar-refractivity contribution in [1.82, 2.24) is 0 Å². The first-order chi connectivity index (χ1) is 9.00. The average molecular weight is 260 g/mol. The van der Waals surface area contributed by atoms with Crippen molar-refractivity contribution in [3.8, 4) is 5.75 Å². The van der Waals surface area contributed by atoms with Crippen molar-refractivity contribution in [2.24, 2.45) is 0 Å². The quantitative estimate of drug-likeness (QED) is 0.732. The van der Waals surface area contributed by atoms with Gasteiger partial charge in [-0.15, -0.1) is 0 Å². The van der Waals surface area contributed by atoms with Gasteiger partial charge in [0.05, 0.1) is 17.2 Å². The summed E-state index contributed by atoms with van der Waals surface area (Å²) >= 11 is 0. The predicted octanol–water partition coefficient (Wildman–Crippen LogP) is 1.20. The maximum Gasteiger partial charge on any atom is 0.198 e. The summed E-state index contributed by atoms with van der Waals surface area (Å²) in [5.74, 6) is -1.12. The largest absolute Gasteiger partial charge is 0.507 e. The minimum absolute atomic E-state index is 0.0444. The molecule has 1 heterocycles. The van der Waals surface area contributed by atoms with Crippen LogP contribution in [0.25, 0.3) is 0 Å². The summed E-state index contributed by atoms with van der Waals surface area (Å²) in [6, 6.07) is 4.36. The molecule has 98 valence electrons. The van der Waals surface area contributed by atoms with E-state index in [1.807, 2.05) is 0 Å². The first-order valence-corrected chi connectivity index (χ1v) is 5.98. The van der Waals surface area contributed by atoms with E-state index in [-0.39, 0.29) is 46.3 Å².